The first-order valence-corrected chi connectivity index (χ1v) is 6.71. The maximum atomic E-state index is 12.4. The van der Waals surface area contributed by atoms with Crippen LogP contribution in [-0.2, 0) is 11.3 Å². The van der Waals surface area contributed by atoms with E-state index in [4.69, 9.17) is 0 Å². The summed E-state index contributed by atoms with van der Waals surface area (Å²) in [5.41, 5.74) is 2.70. The smallest absolute Gasteiger partial charge is 0.338 e. The Labute approximate surface area is 119 Å². The molecule has 0 aliphatic carbocycles. The van der Waals surface area contributed by atoms with Gasteiger partial charge in [-0.3, -0.25) is 4.79 Å². The predicted molar refractivity (Wildman–Crippen MR) is 70.6 cm³/mol. The van der Waals surface area contributed by atoms with E-state index in [0.717, 1.165) is 16.6 Å². The number of nitrogens with one attached hydrogen (secondary N) is 1. The molecule has 0 saturated heterocycles. The minimum absolute atomic E-state index is 0.462. The third-order valence-corrected chi connectivity index (χ3v) is 3.68. The number of alkyl halides is 3. The fourth-order valence-electron chi connectivity index (χ4n) is 2.71. The van der Waals surface area contributed by atoms with Gasteiger partial charge in [0.15, 0.2) is 0 Å². The Kier molecular flexibility index (Phi) is 3.15. The topological polar surface area (TPSA) is 46.9 Å². The third kappa shape index (κ3) is 2.48. The van der Waals surface area contributed by atoms with Crippen LogP contribution in [0.25, 0.3) is 11.0 Å². The van der Waals surface area contributed by atoms with Gasteiger partial charge < -0.3 is 9.88 Å². The first-order chi connectivity index (χ1) is 9.86. The van der Waals surface area contributed by atoms with Crippen molar-refractivity contribution < 1.29 is 18.0 Å². The highest BCUT2D eigenvalue weighted by Gasteiger charge is 2.41. The van der Waals surface area contributed by atoms with Gasteiger partial charge in [-0.15, -0.1) is 0 Å². The maximum absolute atomic E-state index is 12.4. The van der Waals surface area contributed by atoms with Gasteiger partial charge in [0.05, 0.1) is 17.1 Å². The Morgan fingerprint density at radius 2 is 2.19 bits per heavy atom. The lowest BCUT2D eigenvalue weighted by Gasteiger charge is -2.25. The lowest BCUT2D eigenvalue weighted by Crippen LogP contribution is -2.41. The van der Waals surface area contributed by atoms with Crippen molar-refractivity contribution in [3.63, 3.8) is 0 Å². The first-order valence-electron chi connectivity index (χ1n) is 6.71. The van der Waals surface area contributed by atoms with Gasteiger partial charge in [0, 0.05) is 6.54 Å². The lowest BCUT2D eigenvalue weighted by molar-refractivity contribution is -0.174. The molecule has 1 aliphatic rings. The van der Waals surface area contributed by atoms with Crippen molar-refractivity contribution in [1.82, 2.24) is 14.9 Å². The molecule has 0 fully saturated rings. The number of hydrogen-bond donors (Lipinski definition) is 1. The Hall–Kier alpha value is -2.05. The SMILES string of the molecule is Cc1ccc2nc3n(c2c1)CCC[C@H]3NC(=O)C(F)(F)F. The lowest BCUT2D eigenvalue weighted by atomic mass is 10.1. The van der Waals surface area contributed by atoms with Crippen LogP contribution in [0.4, 0.5) is 13.2 Å². The number of fused-ring (bicyclic) bond motifs is 3. The quantitative estimate of drug-likeness (QED) is 0.880. The zero-order valence-corrected chi connectivity index (χ0v) is 11.4. The Morgan fingerprint density at radius 3 is 2.90 bits per heavy atom. The van der Waals surface area contributed by atoms with Crippen LogP contribution in [0.5, 0.6) is 0 Å². The molecule has 112 valence electrons. The van der Waals surface area contributed by atoms with Gasteiger partial charge in [-0.1, -0.05) is 6.07 Å². The van der Waals surface area contributed by atoms with Crippen molar-refractivity contribution >= 4 is 16.9 Å². The fraction of sp³-hybridized carbons (Fsp3) is 0.429. The van der Waals surface area contributed by atoms with Gasteiger partial charge in [0.1, 0.15) is 5.82 Å². The summed E-state index contributed by atoms with van der Waals surface area (Å²) >= 11 is 0. The van der Waals surface area contributed by atoms with Crippen LogP contribution in [0.3, 0.4) is 0 Å². The number of aromatic nitrogens is 2. The van der Waals surface area contributed by atoms with Gasteiger partial charge in [0.25, 0.3) is 0 Å². The largest absolute Gasteiger partial charge is 0.471 e. The summed E-state index contributed by atoms with van der Waals surface area (Å²) in [6.45, 7) is 2.65. The van der Waals surface area contributed by atoms with Crippen LogP contribution in [0.1, 0.15) is 30.3 Å². The summed E-state index contributed by atoms with van der Waals surface area (Å²) in [6.07, 6.45) is -3.70. The average molecular weight is 297 g/mol. The predicted octanol–water partition coefficient (Wildman–Crippen LogP) is 2.86. The number of imidazole rings is 1. The molecular formula is C14H14F3N3O. The molecule has 7 heteroatoms. The van der Waals surface area contributed by atoms with Gasteiger partial charge in [0.2, 0.25) is 0 Å². The number of hydrogen-bond acceptors (Lipinski definition) is 2. The van der Waals surface area contributed by atoms with Crippen LogP contribution in [-0.4, -0.2) is 21.6 Å². The summed E-state index contributed by atoms with van der Waals surface area (Å²) < 4.78 is 39.1. The molecule has 0 spiro atoms. The second-order valence-corrected chi connectivity index (χ2v) is 5.28. The molecule has 3 rings (SSSR count). The van der Waals surface area contributed by atoms with E-state index in [1.165, 1.54) is 0 Å². The fourth-order valence-corrected chi connectivity index (χ4v) is 2.71. The molecule has 4 nitrogen and oxygen atoms in total. The molecule has 1 aromatic carbocycles. The summed E-state index contributed by atoms with van der Waals surface area (Å²) in [4.78, 5) is 15.5. The van der Waals surface area contributed by atoms with Gasteiger partial charge in [-0.05, 0) is 37.5 Å². The van der Waals surface area contributed by atoms with E-state index in [0.29, 0.717) is 25.2 Å². The summed E-state index contributed by atoms with van der Waals surface area (Å²) in [7, 11) is 0. The van der Waals surface area contributed by atoms with Gasteiger partial charge in [-0.25, -0.2) is 4.98 Å². The number of aryl methyl sites for hydroxylation is 2. The number of carbonyl (C=O) groups is 1. The summed E-state index contributed by atoms with van der Waals surface area (Å²) in [5, 5.41) is 2.04. The molecule has 1 atom stereocenters. The molecule has 0 radical (unpaired) electrons. The second-order valence-electron chi connectivity index (χ2n) is 5.28. The van der Waals surface area contributed by atoms with E-state index in [9.17, 15) is 18.0 Å². The minimum Gasteiger partial charge on any atom is -0.338 e. The summed E-state index contributed by atoms with van der Waals surface area (Å²) in [6, 6.07) is 5.02. The molecule has 2 heterocycles. The number of rotatable bonds is 1. The molecule has 0 bridgehead atoms. The van der Waals surface area contributed by atoms with Crippen molar-refractivity contribution in [2.24, 2.45) is 0 Å². The van der Waals surface area contributed by atoms with E-state index in [1.54, 1.807) is 0 Å². The van der Waals surface area contributed by atoms with Crippen molar-refractivity contribution in [1.29, 1.82) is 0 Å². The Balaban J connectivity index is 1.98. The number of carbonyl (C=O) groups excluding carboxylic acids is 1. The zero-order valence-electron chi connectivity index (χ0n) is 11.4. The second kappa shape index (κ2) is 4.75. The monoisotopic (exact) mass is 297 g/mol. The highest BCUT2D eigenvalue weighted by Crippen LogP contribution is 2.30. The standard InChI is InChI=1S/C14H14F3N3O/c1-8-4-5-9-11(7-8)20-6-2-3-10(12(20)18-9)19-13(21)14(15,16)17/h4-5,7,10H,2-3,6H2,1H3,(H,19,21)/t10-/m1/s1. The van der Waals surface area contributed by atoms with Crippen molar-refractivity contribution in [3.05, 3.63) is 29.6 Å². The maximum Gasteiger partial charge on any atom is 0.471 e. The first kappa shape index (κ1) is 13.9. The molecule has 0 unspecified atom stereocenters. The number of nitrogens with zero attached hydrogens (tertiary/aromatic N) is 2. The highest BCUT2D eigenvalue weighted by molar-refractivity contribution is 5.82. The number of benzene rings is 1. The van der Waals surface area contributed by atoms with Crippen LogP contribution in [0, 0.1) is 6.92 Å². The highest BCUT2D eigenvalue weighted by atomic mass is 19.4. The molecule has 1 aliphatic heterocycles. The molecule has 1 amide bonds. The van der Waals surface area contributed by atoms with E-state index in [2.05, 4.69) is 4.98 Å². The molecule has 1 N–H and O–H groups in total. The minimum atomic E-state index is -4.87. The average Bonchev–Trinajstić information content (AvgIpc) is 2.77. The Bertz CT molecular complexity index is 705. The molecule has 1 aromatic heterocycles. The van der Waals surface area contributed by atoms with Crippen LogP contribution in [0.15, 0.2) is 18.2 Å². The normalized spacial score (nSPS) is 18.6. The van der Waals surface area contributed by atoms with Gasteiger partial charge >= 0.3 is 12.1 Å². The van der Waals surface area contributed by atoms with Crippen LogP contribution in [0.2, 0.25) is 0 Å². The van der Waals surface area contributed by atoms with E-state index in [1.807, 2.05) is 35.0 Å². The molecular weight excluding hydrogens is 283 g/mol. The van der Waals surface area contributed by atoms with E-state index < -0.39 is 18.1 Å². The van der Waals surface area contributed by atoms with Crippen molar-refractivity contribution in [2.45, 2.75) is 38.5 Å². The molecule has 2 aromatic rings. The van der Waals surface area contributed by atoms with Crippen LogP contribution < -0.4 is 5.32 Å². The van der Waals surface area contributed by atoms with Crippen molar-refractivity contribution in [2.75, 3.05) is 0 Å². The van der Waals surface area contributed by atoms with Crippen LogP contribution >= 0.6 is 0 Å². The Morgan fingerprint density at radius 1 is 1.43 bits per heavy atom. The zero-order chi connectivity index (χ0) is 15.2. The molecule has 0 saturated carbocycles. The van der Waals surface area contributed by atoms with E-state index >= 15 is 0 Å². The molecule has 21 heavy (non-hydrogen) atoms. The van der Waals surface area contributed by atoms with E-state index in [-0.39, 0.29) is 0 Å². The third-order valence-electron chi connectivity index (χ3n) is 3.68. The van der Waals surface area contributed by atoms with Gasteiger partial charge in [-0.2, -0.15) is 13.2 Å². The van der Waals surface area contributed by atoms with Crippen molar-refractivity contribution in [3.8, 4) is 0 Å². The summed E-state index contributed by atoms with van der Waals surface area (Å²) in [5.74, 6) is -1.41. The number of amides is 1. The number of halogens is 3.